The van der Waals surface area contributed by atoms with Gasteiger partial charge in [-0.15, -0.1) is 0 Å². The van der Waals surface area contributed by atoms with Gasteiger partial charge in [0.05, 0.1) is 30.4 Å². The van der Waals surface area contributed by atoms with Gasteiger partial charge < -0.3 is 14.8 Å². The molecular formula is C16H14BrN3O5S. The van der Waals surface area contributed by atoms with Crippen molar-refractivity contribution in [2.45, 2.75) is 0 Å². The van der Waals surface area contributed by atoms with Gasteiger partial charge in [-0.25, -0.2) is 0 Å². The van der Waals surface area contributed by atoms with E-state index in [4.69, 9.17) is 21.7 Å². The van der Waals surface area contributed by atoms with E-state index in [1.54, 1.807) is 18.2 Å². The van der Waals surface area contributed by atoms with Crippen molar-refractivity contribution >= 4 is 50.5 Å². The predicted molar refractivity (Wildman–Crippen MR) is 104 cm³/mol. The second-order valence-corrected chi connectivity index (χ2v) is 6.22. The molecule has 0 unspecified atom stereocenters. The Morgan fingerprint density at radius 1 is 1.15 bits per heavy atom. The zero-order valence-corrected chi connectivity index (χ0v) is 16.1. The maximum atomic E-state index is 12.4. The quantitative estimate of drug-likeness (QED) is 0.417. The Morgan fingerprint density at radius 3 is 2.42 bits per heavy atom. The standard InChI is InChI=1S/C16H14BrN3O5S/c1-24-13-5-3-9(17)7-11(13)15(21)19-16(26)18-12-8-10(20(22)23)4-6-14(12)25-2/h3-8H,1-2H3,(H2,18,19,21,26). The summed E-state index contributed by atoms with van der Waals surface area (Å²) in [5.74, 6) is 0.221. The SMILES string of the molecule is COc1ccc([N+](=O)[O-])cc1NC(=S)NC(=O)c1cc(Br)ccc1OC. The summed E-state index contributed by atoms with van der Waals surface area (Å²) in [5.41, 5.74) is 0.390. The zero-order chi connectivity index (χ0) is 19.3. The second-order valence-electron chi connectivity index (χ2n) is 4.89. The lowest BCUT2D eigenvalue weighted by Crippen LogP contribution is -2.34. The molecule has 0 radical (unpaired) electrons. The van der Waals surface area contributed by atoms with Gasteiger partial charge in [0.25, 0.3) is 11.6 Å². The third-order valence-electron chi connectivity index (χ3n) is 3.28. The van der Waals surface area contributed by atoms with Crippen LogP contribution in [-0.4, -0.2) is 30.2 Å². The fraction of sp³-hybridized carbons (Fsp3) is 0.125. The number of nitro groups is 1. The molecule has 10 heteroatoms. The Balaban J connectivity index is 2.19. The molecule has 1 amide bonds. The summed E-state index contributed by atoms with van der Waals surface area (Å²) in [4.78, 5) is 22.8. The highest BCUT2D eigenvalue weighted by Crippen LogP contribution is 2.29. The maximum absolute atomic E-state index is 12.4. The molecule has 2 aromatic carbocycles. The molecule has 0 atom stereocenters. The number of nitrogens with one attached hydrogen (secondary N) is 2. The number of rotatable bonds is 5. The minimum Gasteiger partial charge on any atom is -0.496 e. The summed E-state index contributed by atoms with van der Waals surface area (Å²) in [5, 5.41) is 16.1. The van der Waals surface area contributed by atoms with Crippen molar-refractivity contribution in [1.29, 1.82) is 0 Å². The predicted octanol–water partition coefficient (Wildman–Crippen LogP) is 3.50. The number of nitro benzene ring substituents is 1. The van der Waals surface area contributed by atoms with Crippen LogP contribution in [0.25, 0.3) is 0 Å². The van der Waals surface area contributed by atoms with Gasteiger partial charge in [0.15, 0.2) is 5.11 Å². The van der Waals surface area contributed by atoms with E-state index in [9.17, 15) is 14.9 Å². The van der Waals surface area contributed by atoms with Crippen LogP contribution in [0.3, 0.4) is 0 Å². The van der Waals surface area contributed by atoms with Gasteiger partial charge in [-0.1, -0.05) is 15.9 Å². The molecule has 0 aliphatic heterocycles. The van der Waals surface area contributed by atoms with E-state index in [1.807, 2.05) is 0 Å². The van der Waals surface area contributed by atoms with E-state index >= 15 is 0 Å². The first kappa shape index (κ1) is 19.6. The molecule has 0 aliphatic rings. The van der Waals surface area contributed by atoms with Crippen molar-refractivity contribution in [2.24, 2.45) is 0 Å². The molecule has 2 N–H and O–H groups in total. The summed E-state index contributed by atoms with van der Waals surface area (Å²) in [7, 11) is 2.87. The number of anilines is 1. The van der Waals surface area contributed by atoms with Crippen LogP contribution in [0, 0.1) is 10.1 Å². The summed E-state index contributed by atoms with van der Waals surface area (Å²) in [6, 6.07) is 8.96. The molecule has 0 aliphatic carbocycles. The van der Waals surface area contributed by atoms with E-state index in [-0.39, 0.29) is 22.1 Å². The minimum absolute atomic E-state index is 0.0455. The molecule has 0 saturated carbocycles. The number of halogens is 1. The van der Waals surface area contributed by atoms with Crippen LogP contribution in [0.2, 0.25) is 0 Å². The number of ether oxygens (including phenoxy) is 2. The van der Waals surface area contributed by atoms with Gasteiger partial charge >= 0.3 is 0 Å². The van der Waals surface area contributed by atoms with Crippen LogP contribution >= 0.6 is 28.1 Å². The Morgan fingerprint density at radius 2 is 1.81 bits per heavy atom. The molecule has 0 heterocycles. The second kappa shape index (κ2) is 8.59. The Bertz CT molecular complexity index is 875. The highest BCUT2D eigenvalue weighted by Gasteiger charge is 2.16. The number of non-ortho nitro benzene ring substituents is 1. The van der Waals surface area contributed by atoms with Crippen molar-refractivity contribution < 1.29 is 19.2 Å². The van der Waals surface area contributed by atoms with Crippen molar-refractivity contribution in [3.63, 3.8) is 0 Å². The fourth-order valence-corrected chi connectivity index (χ4v) is 2.65. The molecule has 0 fully saturated rings. The van der Waals surface area contributed by atoms with E-state index in [1.165, 1.54) is 32.4 Å². The average Bonchev–Trinajstić information content (AvgIpc) is 2.61. The first-order valence-corrected chi connectivity index (χ1v) is 8.34. The summed E-state index contributed by atoms with van der Waals surface area (Å²) in [6.07, 6.45) is 0. The average molecular weight is 440 g/mol. The fourth-order valence-electron chi connectivity index (χ4n) is 2.09. The number of amides is 1. The van der Waals surface area contributed by atoms with Crippen LogP contribution in [0.1, 0.15) is 10.4 Å². The maximum Gasteiger partial charge on any atom is 0.271 e. The molecular weight excluding hydrogens is 426 g/mol. The molecule has 8 nitrogen and oxygen atoms in total. The summed E-state index contributed by atoms with van der Waals surface area (Å²) in [6.45, 7) is 0. The number of carbonyl (C=O) groups is 1. The number of benzene rings is 2. The normalized spacial score (nSPS) is 9.96. The Kier molecular flexibility index (Phi) is 6.47. The van der Waals surface area contributed by atoms with Gasteiger partial charge in [0.1, 0.15) is 11.5 Å². The van der Waals surface area contributed by atoms with Gasteiger partial charge in [-0.2, -0.15) is 0 Å². The molecule has 136 valence electrons. The number of carbonyl (C=O) groups excluding carboxylic acids is 1. The molecule has 0 aromatic heterocycles. The van der Waals surface area contributed by atoms with Crippen molar-refractivity contribution in [3.05, 3.63) is 56.5 Å². The molecule has 0 saturated heterocycles. The number of hydrogen-bond donors (Lipinski definition) is 2. The van der Waals surface area contributed by atoms with Crippen LogP contribution in [0.15, 0.2) is 40.9 Å². The van der Waals surface area contributed by atoms with E-state index in [0.717, 1.165) is 0 Å². The number of methoxy groups -OCH3 is 2. The Hall–Kier alpha value is -2.72. The van der Waals surface area contributed by atoms with Crippen LogP contribution in [0.4, 0.5) is 11.4 Å². The van der Waals surface area contributed by atoms with Crippen LogP contribution in [0.5, 0.6) is 11.5 Å². The third kappa shape index (κ3) is 4.67. The topological polar surface area (TPSA) is 103 Å². The Labute approximate surface area is 162 Å². The largest absolute Gasteiger partial charge is 0.496 e. The smallest absolute Gasteiger partial charge is 0.271 e. The van der Waals surface area contributed by atoms with Gasteiger partial charge in [0.2, 0.25) is 0 Å². The number of hydrogen-bond acceptors (Lipinski definition) is 6. The van der Waals surface area contributed by atoms with Crippen molar-refractivity contribution in [2.75, 3.05) is 19.5 Å². The first-order chi connectivity index (χ1) is 12.3. The van der Waals surface area contributed by atoms with E-state index in [2.05, 4.69) is 26.6 Å². The van der Waals surface area contributed by atoms with Gasteiger partial charge in [-0.05, 0) is 36.5 Å². The van der Waals surface area contributed by atoms with E-state index in [0.29, 0.717) is 16.0 Å². The van der Waals surface area contributed by atoms with Crippen molar-refractivity contribution in [3.8, 4) is 11.5 Å². The lowest BCUT2D eigenvalue weighted by molar-refractivity contribution is -0.384. The molecule has 26 heavy (non-hydrogen) atoms. The summed E-state index contributed by atoms with van der Waals surface area (Å²) >= 11 is 8.41. The minimum atomic E-state index is -0.543. The molecule has 0 bridgehead atoms. The number of thiocarbonyl (C=S) groups is 1. The first-order valence-electron chi connectivity index (χ1n) is 7.14. The van der Waals surface area contributed by atoms with Crippen LogP contribution in [-0.2, 0) is 0 Å². The van der Waals surface area contributed by atoms with Crippen LogP contribution < -0.4 is 20.1 Å². The highest BCUT2D eigenvalue weighted by atomic mass is 79.9. The lowest BCUT2D eigenvalue weighted by Gasteiger charge is -2.14. The van der Waals surface area contributed by atoms with Gasteiger partial charge in [0, 0.05) is 16.6 Å². The molecule has 0 spiro atoms. The van der Waals surface area contributed by atoms with Gasteiger partial charge in [-0.3, -0.25) is 20.2 Å². The summed E-state index contributed by atoms with van der Waals surface area (Å²) < 4.78 is 11.0. The zero-order valence-electron chi connectivity index (χ0n) is 13.7. The monoisotopic (exact) mass is 439 g/mol. The highest BCUT2D eigenvalue weighted by molar-refractivity contribution is 9.10. The van der Waals surface area contributed by atoms with Crippen molar-refractivity contribution in [1.82, 2.24) is 5.32 Å². The molecule has 2 aromatic rings. The lowest BCUT2D eigenvalue weighted by atomic mass is 10.2. The van der Waals surface area contributed by atoms with E-state index < -0.39 is 10.8 Å². The third-order valence-corrected chi connectivity index (χ3v) is 3.97. The molecule has 2 rings (SSSR count). The number of nitrogens with zero attached hydrogens (tertiary/aromatic N) is 1.